The van der Waals surface area contributed by atoms with E-state index in [2.05, 4.69) is 26.6 Å². The second-order valence-corrected chi connectivity index (χ2v) is 13.4. The predicted molar refractivity (Wildman–Crippen MR) is 183 cm³/mol. The second kappa shape index (κ2) is 21.3. The van der Waals surface area contributed by atoms with E-state index in [1.54, 1.807) is 34.6 Å². The van der Waals surface area contributed by atoms with Crippen LogP contribution in [0.15, 0.2) is 0 Å². The van der Waals surface area contributed by atoms with Crippen LogP contribution < -0.4 is 32.3 Å². The molecule has 6 unspecified atom stereocenters. The molecule has 292 valence electrons. The second-order valence-electron chi connectivity index (χ2n) is 13.4. The van der Waals surface area contributed by atoms with Crippen molar-refractivity contribution in [3.05, 3.63) is 0 Å². The fourth-order valence-corrected chi connectivity index (χ4v) is 5.62. The van der Waals surface area contributed by atoms with Gasteiger partial charge in [0.25, 0.3) is 5.91 Å². The van der Waals surface area contributed by atoms with E-state index in [9.17, 15) is 53.1 Å². The van der Waals surface area contributed by atoms with Gasteiger partial charge in [0.1, 0.15) is 30.2 Å². The highest BCUT2D eigenvalue weighted by Gasteiger charge is 2.41. The smallest absolute Gasteiger partial charge is 0.303 e. The van der Waals surface area contributed by atoms with Crippen molar-refractivity contribution in [1.82, 2.24) is 31.5 Å². The molecule has 52 heavy (non-hydrogen) atoms. The third-order valence-electron chi connectivity index (χ3n) is 8.39. The summed E-state index contributed by atoms with van der Waals surface area (Å²) in [6.45, 7) is 9.54. The number of aliphatic carboxylic acids is 2. The summed E-state index contributed by atoms with van der Waals surface area (Å²) < 4.78 is 0. The number of nitrogens with one attached hydrogen (secondary N) is 5. The van der Waals surface area contributed by atoms with E-state index in [1.165, 1.54) is 4.90 Å². The molecule has 1 aliphatic rings. The third kappa shape index (κ3) is 14.3. The van der Waals surface area contributed by atoms with E-state index in [-0.39, 0.29) is 25.8 Å². The number of likely N-dealkylation sites (tertiary alicyclic amines) is 1. The zero-order chi connectivity index (χ0) is 39.9. The maximum absolute atomic E-state index is 13.9. The molecule has 0 aromatic heterocycles. The van der Waals surface area contributed by atoms with Crippen molar-refractivity contribution in [2.24, 2.45) is 17.6 Å². The van der Waals surface area contributed by atoms with E-state index in [0.717, 1.165) is 6.92 Å². The molecule has 1 aliphatic heterocycles. The van der Waals surface area contributed by atoms with Crippen LogP contribution >= 0.6 is 0 Å². The number of carbonyl (C=O) groups excluding carboxylic acids is 8. The number of primary amides is 1. The van der Waals surface area contributed by atoms with E-state index in [4.69, 9.17) is 10.8 Å². The molecular weight excluding hydrogens is 686 g/mol. The Morgan fingerprint density at radius 1 is 0.692 bits per heavy atom. The minimum Gasteiger partial charge on any atom is -0.481 e. The third-order valence-corrected chi connectivity index (χ3v) is 8.39. The molecule has 0 aromatic rings. The molecule has 1 rings (SSSR count). The van der Waals surface area contributed by atoms with E-state index in [1.807, 2.05) is 0 Å². The maximum Gasteiger partial charge on any atom is 0.303 e. The summed E-state index contributed by atoms with van der Waals surface area (Å²) in [6.07, 6.45) is -0.480. The lowest BCUT2D eigenvalue weighted by Gasteiger charge is -2.33. The molecule has 0 bridgehead atoms. The number of hydrogen-bond donors (Lipinski definition) is 8. The monoisotopic (exact) mass is 739 g/mol. The molecule has 6 atom stereocenters. The van der Waals surface area contributed by atoms with Gasteiger partial charge in [0.05, 0.1) is 6.04 Å². The lowest BCUT2D eigenvalue weighted by Crippen LogP contribution is -2.61. The van der Waals surface area contributed by atoms with E-state index < -0.39 is 126 Å². The van der Waals surface area contributed by atoms with Crippen molar-refractivity contribution in [2.45, 2.75) is 129 Å². The number of carboxylic acids is 2. The van der Waals surface area contributed by atoms with Crippen LogP contribution in [0.25, 0.3) is 0 Å². The number of carboxylic acid groups (broad SMARTS) is 2. The van der Waals surface area contributed by atoms with Gasteiger partial charge in [-0.3, -0.25) is 47.9 Å². The lowest BCUT2D eigenvalue weighted by molar-refractivity contribution is -0.144. The van der Waals surface area contributed by atoms with Gasteiger partial charge < -0.3 is 47.4 Å². The van der Waals surface area contributed by atoms with Gasteiger partial charge in [0.15, 0.2) is 0 Å². The number of hydrogen-bond acceptors (Lipinski definition) is 10. The fraction of sp³-hybridized carbons (Fsp3) is 0.697. The molecule has 0 radical (unpaired) electrons. The Kier molecular flexibility index (Phi) is 18.4. The summed E-state index contributed by atoms with van der Waals surface area (Å²) in [5.41, 5.74) is 5.13. The minimum absolute atomic E-state index is 0.155. The van der Waals surface area contributed by atoms with Crippen LogP contribution in [-0.2, 0) is 47.9 Å². The number of rotatable bonds is 22. The van der Waals surface area contributed by atoms with Crippen LogP contribution in [0.1, 0.15) is 92.9 Å². The zero-order valence-electron chi connectivity index (χ0n) is 30.5. The number of amides is 7. The summed E-state index contributed by atoms with van der Waals surface area (Å²) in [7, 11) is 0. The SMILES string of the molecule is CCCC(NC(=O)C1CCCN1C(=O)C(NC(=O)C(NC(=O)C(CCC(=O)O)NC(=O)C(CCC(=O)O)NC(C)=O)C(C)C)C(C)C)C(=O)C(N)=O. The predicted octanol–water partition coefficient (Wildman–Crippen LogP) is -1.68. The van der Waals surface area contributed by atoms with Crippen molar-refractivity contribution in [3.8, 4) is 0 Å². The van der Waals surface area contributed by atoms with E-state index in [0.29, 0.717) is 12.8 Å². The molecule has 7 amide bonds. The number of nitrogens with zero attached hydrogens (tertiary/aromatic N) is 1. The molecule has 9 N–H and O–H groups in total. The molecule has 19 nitrogen and oxygen atoms in total. The molecule has 0 aliphatic carbocycles. The first-order valence-corrected chi connectivity index (χ1v) is 17.3. The first-order valence-electron chi connectivity index (χ1n) is 17.3. The average molecular weight is 740 g/mol. The molecule has 19 heteroatoms. The Morgan fingerprint density at radius 3 is 1.65 bits per heavy atom. The summed E-state index contributed by atoms with van der Waals surface area (Å²) >= 11 is 0. The Morgan fingerprint density at radius 2 is 1.19 bits per heavy atom. The molecule has 1 saturated heterocycles. The van der Waals surface area contributed by atoms with Gasteiger partial charge >= 0.3 is 11.9 Å². The quantitative estimate of drug-likeness (QED) is 0.0578. The molecule has 1 heterocycles. The summed E-state index contributed by atoms with van der Waals surface area (Å²) in [5.74, 6) is -10.4. The highest BCUT2D eigenvalue weighted by atomic mass is 16.4. The zero-order valence-corrected chi connectivity index (χ0v) is 30.5. The average Bonchev–Trinajstić information content (AvgIpc) is 3.54. The Balaban J connectivity index is 3.22. The topological polar surface area (TPSA) is 301 Å². The first-order chi connectivity index (χ1) is 24.2. The van der Waals surface area contributed by atoms with Crippen LogP contribution in [0, 0.1) is 11.8 Å². The van der Waals surface area contributed by atoms with Gasteiger partial charge in [0, 0.05) is 26.3 Å². The van der Waals surface area contributed by atoms with Crippen molar-refractivity contribution in [2.75, 3.05) is 6.54 Å². The largest absolute Gasteiger partial charge is 0.481 e. The van der Waals surface area contributed by atoms with Crippen LogP contribution in [0.4, 0.5) is 0 Å². The normalized spacial score (nSPS) is 16.8. The Bertz CT molecular complexity index is 1370. The number of nitrogens with two attached hydrogens (primary N) is 1. The van der Waals surface area contributed by atoms with Crippen LogP contribution in [0.5, 0.6) is 0 Å². The Hall–Kier alpha value is -5.10. The minimum atomic E-state index is -1.51. The van der Waals surface area contributed by atoms with Crippen molar-refractivity contribution >= 4 is 59.1 Å². The summed E-state index contributed by atoms with van der Waals surface area (Å²) in [4.78, 5) is 126. The van der Waals surface area contributed by atoms with Gasteiger partial charge in [-0.2, -0.15) is 0 Å². The standard InChI is InChI=1S/C33H53N7O12/c1-7-9-19(27(46)28(34)47)36-31(50)22-10-8-15-40(22)33(52)26(17(4)5)39-32(51)25(16(2)3)38-30(49)21(12-14-24(44)45)37-29(48)20(35-18(6)41)11-13-23(42)43/h16-17,19-22,25-26H,7-15H2,1-6H3,(H2,34,47)(H,35,41)(H,36,50)(H,37,48)(H,38,49)(H,39,51)(H,42,43)(H,44,45). The van der Waals surface area contributed by atoms with Crippen molar-refractivity contribution in [1.29, 1.82) is 0 Å². The van der Waals surface area contributed by atoms with Crippen molar-refractivity contribution < 1.29 is 58.2 Å². The molecule has 0 aromatic carbocycles. The van der Waals surface area contributed by atoms with Gasteiger partial charge in [-0.15, -0.1) is 0 Å². The number of Topliss-reactive ketones (excluding diaryl/α,β-unsaturated/α-hetero) is 1. The maximum atomic E-state index is 13.9. The molecular formula is C33H53N7O12. The van der Waals surface area contributed by atoms with Crippen LogP contribution in [0.2, 0.25) is 0 Å². The highest BCUT2D eigenvalue weighted by Crippen LogP contribution is 2.21. The summed E-state index contributed by atoms with van der Waals surface area (Å²) in [6, 6.07) is -7.49. The lowest BCUT2D eigenvalue weighted by atomic mass is 9.98. The number of ketones is 1. The number of carbonyl (C=O) groups is 10. The fourth-order valence-electron chi connectivity index (χ4n) is 5.62. The first kappa shape index (κ1) is 44.9. The van der Waals surface area contributed by atoms with E-state index >= 15 is 0 Å². The highest BCUT2D eigenvalue weighted by molar-refractivity contribution is 6.37. The van der Waals surface area contributed by atoms with Crippen LogP contribution in [-0.4, -0.2) is 117 Å². The molecule has 1 fully saturated rings. The van der Waals surface area contributed by atoms with Gasteiger partial charge in [-0.05, 0) is 43.9 Å². The van der Waals surface area contributed by atoms with Gasteiger partial charge in [0.2, 0.25) is 41.2 Å². The summed E-state index contributed by atoms with van der Waals surface area (Å²) in [5, 5.41) is 30.6. The van der Waals surface area contributed by atoms with Crippen LogP contribution in [0.3, 0.4) is 0 Å². The van der Waals surface area contributed by atoms with Gasteiger partial charge in [-0.25, -0.2) is 0 Å². The van der Waals surface area contributed by atoms with Gasteiger partial charge in [-0.1, -0.05) is 41.0 Å². The Labute approximate surface area is 301 Å². The van der Waals surface area contributed by atoms with Crippen molar-refractivity contribution in [3.63, 3.8) is 0 Å². The molecule has 0 spiro atoms. The molecule has 0 saturated carbocycles.